The first-order valence-electron chi connectivity index (χ1n) is 10.3. The lowest BCUT2D eigenvalue weighted by atomic mass is 10.1. The SMILES string of the molecule is CCNC(=NCc1cc(C(C)C)no1)N1CCC(COCc2ccccc2)C1.I. The minimum atomic E-state index is 0. The Kier molecular flexibility index (Phi) is 9.93. The van der Waals surface area contributed by atoms with E-state index in [0.717, 1.165) is 50.1 Å². The van der Waals surface area contributed by atoms with Crippen molar-refractivity contribution in [2.24, 2.45) is 10.9 Å². The standard InChI is InChI=1S/C22H32N4O2.HI/c1-4-23-22(24-13-20-12-21(17(2)3)25-28-20)26-11-10-19(14-26)16-27-15-18-8-6-5-7-9-18;/h5-9,12,17,19H,4,10-11,13-16H2,1-3H3,(H,23,24);1H. The number of guanidine groups is 1. The fourth-order valence-electron chi connectivity index (χ4n) is 3.33. The second kappa shape index (κ2) is 12.2. The van der Waals surface area contributed by atoms with Crippen molar-refractivity contribution >= 4 is 29.9 Å². The number of nitrogens with one attached hydrogen (secondary N) is 1. The molecule has 1 atom stereocenters. The van der Waals surface area contributed by atoms with Gasteiger partial charge in [-0.3, -0.25) is 0 Å². The Labute approximate surface area is 191 Å². The minimum absolute atomic E-state index is 0. The topological polar surface area (TPSA) is 62.9 Å². The number of ether oxygens (including phenoxy) is 1. The van der Waals surface area contributed by atoms with E-state index < -0.39 is 0 Å². The van der Waals surface area contributed by atoms with Gasteiger partial charge in [-0.15, -0.1) is 24.0 Å². The van der Waals surface area contributed by atoms with Gasteiger partial charge in [0, 0.05) is 31.6 Å². The van der Waals surface area contributed by atoms with E-state index in [9.17, 15) is 0 Å². The van der Waals surface area contributed by atoms with Gasteiger partial charge in [-0.25, -0.2) is 4.99 Å². The molecule has 1 aromatic carbocycles. The predicted octanol–water partition coefficient (Wildman–Crippen LogP) is 4.42. The fourth-order valence-corrected chi connectivity index (χ4v) is 3.33. The third-order valence-corrected chi connectivity index (χ3v) is 4.94. The highest BCUT2D eigenvalue weighted by atomic mass is 127. The van der Waals surface area contributed by atoms with Gasteiger partial charge < -0.3 is 19.5 Å². The van der Waals surface area contributed by atoms with Gasteiger partial charge in [0.2, 0.25) is 0 Å². The van der Waals surface area contributed by atoms with Crippen molar-refractivity contribution in [1.82, 2.24) is 15.4 Å². The number of aliphatic imine (C=N–C) groups is 1. The molecule has 1 saturated heterocycles. The fraction of sp³-hybridized carbons (Fsp3) is 0.545. The van der Waals surface area contributed by atoms with Crippen LogP contribution >= 0.6 is 24.0 Å². The Morgan fingerprint density at radius 3 is 2.83 bits per heavy atom. The van der Waals surface area contributed by atoms with Gasteiger partial charge in [0.05, 0.1) is 18.9 Å². The lowest BCUT2D eigenvalue weighted by molar-refractivity contribution is 0.0906. The molecular formula is C22H33IN4O2. The zero-order valence-electron chi connectivity index (χ0n) is 17.6. The summed E-state index contributed by atoms with van der Waals surface area (Å²) in [5.74, 6) is 2.65. The highest BCUT2D eigenvalue weighted by Crippen LogP contribution is 2.18. The van der Waals surface area contributed by atoms with E-state index in [-0.39, 0.29) is 24.0 Å². The van der Waals surface area contributed by atoms with E-state index in [1.54, 1.807) is 0 Å². The zero-order chi connectivity index (χ0) is 19.8. The van der Waals surface area contributed by atoms with Gasteiger partial charge in [-0.2, -0.15) is 0 Å². The molecule has 0 amide bonds. The molecule has 1 fully saturated rings. The third kappa shape index (κ3) is 7.29. The molecule has 2 heterocycles. The smallest absolute Gasteiger partial charge is 0.194 e. The molecule has 3 rings (SSSR count). The molecule has 1 unspecified atom stereocenters. The Morgan fingerprint density at radius 1 is 1.34 bits per heavy atom. The van der Waals surface area contributed by atoms with Crippen LogP contribution in [0.1, 0.15) is 50.1 Å². The summed E-state index contributed by atoms with van der Waals surface area (Å²) in [6.45, 7) is 11.1. The van der Waals surface area contributed by atoms with E-state index >= 15 is 0 Å². The average molecular weight is 512 g/mol. The summed E-state index contributed by atoms with van der Waals surface area (Å²) < 4.78 is 11.3. The van der Waals surface area contributed by atoms with Crippen molar-refractivity contribution in [2.45, 2.75) is 46.3 Å². The van der Waals surface area contributed by atoms with Crippen molar-refractivity contribution in [2.75, 3.05) is 26.2 Å². The number of hydrogen-bond donors (Lipinski definition) is 1. The number of benzene rings is 1. The molecule has 6 nitrogen and oxygen atoms in total. The molecule has 7 heteroatoms. The second-order valence-corrected chi connectivity index (χ2v) is 7.64. The molecule has 1 aliphatic heterocycles. The molecule has 0 bridgehead atoms. The molecule has 1 N–H and O–H groups in total. The Morgan fingerprint density at radius 2 is 2.14 bits per heavy atom. The van der Waals surface area contributed by atoms with E-state index in [2.05, 4.69) is 48.3 Å². The van der Waals surface area contributed by atoms with Crippen LogP contribution in [0.15, 0.2) is 45.9 Å². The molecule has 1 aromatic heterocycles. The normalized spacial score (nSPS) is 16.9. The Balaban J connectivity index is 0.00000300. The highest BCUT2D eigenvalue weighted by molar-refractivity contribution is 14.0. The summed E-state index contributed by atoms with van der Waals surface area (Å²) in [5.41, 5.74) is 2.20. The van der Waals surface area contributed by atoms with Crippen molar-refractivity contribution in [1.29, 1.82) is 0 Å². The maximum atomic E-state index is 5.94. The van der Waals surface area contributed by atoms with Gasteiger partial charge in [0.1, 0.15) is 6.54 Å². The van der Waals surface area contributed by atoms with Crippen LogP contribution < -0.4 is 5.32 Å². The molecule has 0 aliphatic carbocycles. The monoisotopic (exact) mass is 512 g/mol. The minimum Gasteiger partial charge on any atom is -0.376 e. The summed E-state index contributed by atoms with van der Waals surface area (Å²) in [5, 5.41) is 7.51. The first-order chi connectivity index (χ1) is 13.7. The number of nitrogens with zero attached hydrogens (tertiary/aromatic N) is 3. The molecule has 1 aliphatic rings. The third-order valence-electron chi connectivity index (χ3n) is 4.94. The summed E-state index contributed by atoms with van der Waals surface area (Å²) in [6.07, 6.45) is 1.12. The van der Waals surface area contributed by atoms with Crippen LogP contribution in [-0.2, 0) is 17.9 Å². The number of halogens is 1. The lowest BCUT2D eigenvalue weighted by Crippen LogP contribution is -2.40. The van der Waals surface area contributed by atoms with E-state index in [1.165, 1.54) is 5.56 Å². The average Bonchev–Trinajstić information content (AvgIpc) is 3.36. The number of hydrogen-bond acceptors (Lipinski definition) is 4. The molecule has 2 aromatic rings. The van der Waals surface area contributed by atoms with Crippen LogP contribution in [0.4, 0.5) is 0 Å². The predicted molar refractivity (Wildman–Crippen MR) is 127 cm³/mol. The molecule has 0 saturated carbocycles. The Bertz CT molecular complexity index is 748. The van der Waals surface area contributed by atoms with Crippen molar-refractivity contribution in [3.63, 3.8) is 0 Å². The molecule has 0 spiro atoms. The van der Waals surface area contributed by atoms with Crippen LogP contribution in [0.2, 0.25) is 0 Å². The first kappa shape index (κ1) is 23.7. The summed E-state index contributed by atoms with van der Waals surface area (Å²) in [6, 6.07) is 12.3. The van der Waals surface area contributed by atoms with Crippen LogP contribution in [0.5, 0.6) is 0 Å². The quantitative estimate of drug-likeness (QED) is 0.323. The molecule has 29 heavy (non-hydrogen) atoms. The van der Waals surface area contributed by atoms with Crippen LogP contribution in [-0.4, -0.2) is 42.3 Å². The molecule has 160 valence electrons. The Hall–Kier alpha value is -1.61. The van der Waals surface area contributed by atoms with E-state index in [4.69, 9.17) is 14.3 Å². The second-order valence-electron chi connectivity index (χ2n) is 7.64. The highest BCUT2D eigenvalue weighted by Gasteiger charge is 2.25. The number of rotatable bonds is 8. The summed E-state index contributed by atoms with van der Waals surface area (Å²) >= 11 is 0. The largest absolute Gasteiger partial charge is 0.376 e. The lowest BCUT2D eigenvalue weighted by Gasteiger charge is -2.21. The summed E-state index contributed by atoms with van der Waals surface area (Å²) in [7, 11) is 0. The van der Waals surface area contributed by atoms with E-state index in [0.29, 0.717) is 25.0 Å². The van der Waals surface area contributed by atoms with Gasteiger partial charge in [0.25, 0.3) is 0 Å². The van der Waals surface area contributed by atoms with Crippen molar-refractivity contribution in [3.05, 3.63) is 53.4 Å². The van der Waals surface area contributed by atoms with Crippen molar-refractivity contribution in [3.8, 4) is 0 Å². The van der Waals surface area contributed by atoms with Gasteiger partial charge >= 0.3 is 0 Å². The summed E-state index contributed by atoms with van der Waals surface area (Å²) in [4.78, 5) is 7.08. The zero-order valence-corrected chi connectivity index (χ0v) is 20.0. The van der Waals surface area contributed by atoms with Gasteiger partial charge in [-0.1, -0.05) is 49.3 Å². The molecular weight excluding hydrogens is 479 g/mol. The molecule has 0 radical (unpaired) electrons. The van der Waals surface area contributed by atoms with Crippen LogP contribution in [0.3, 0.4) is 0 Å². The number of likely N-dealkylation sites (tertiary alicyclic amines) is 1. The van der Waals surface area contributed by atoms with Gasteiger partial charge in [0.15, 0.2) is 11.7 Å². The maximum Gasteiger partial charge on any atom is 0.194 e. The number of aromatic nitrogens is 1. The maximum absolute atomic E-state index is 5.94. The van der Waals surface area contributed by atoms with Crippen LogP contribution in [0.25, 0.3) is 0 Å². The van der Waals surface area contributed by atoms with Crippen molar-refractivity contribution < 1.29 is 9.26 Å². The van der Waals surface area contributed by atoms with Crippen LogP contribution in [0, 0.1) is 5.92 Å². The van der Waals surface area contributed by atoms with E-state index in [1.807, 2.05) is 24.3 Å². The first-order valence-corrected chi connectivity index (χ1v) is 10.3. The van der Waals surface area contributed by atoms with Gasteiger partial charge in [-0.05, 0) is 24.8 Å².